The summed E-state index contributed by atoms with van der Waals surface area (Å²) in [6.45, 7) is 0.218. The Labute approximate surface area is 191 Å². The summed E-state index contributed by atoms with van der Waals surface area (Å²) in [7, 11) is -3.62. The second-order valence-electron chi connectivity index (χ2n) is 7.13. The van der Waals surface area contributed by atoms with Crippen molar-refractivity contribution < 1.29 is 27.5 Å². The summed E-state index contributed by atoms with van der Waals surface area (Å²) < 4.78 is 31.7. The number of hydrogen-bond donors (Lipinski definition) is 1. The van der Waals surface area contributed by atoms with E-state index in [1.54, 1.807) is 24.3 Å². The minimum absolute atomic E-state index is 0.149. The first kappa shape index (κ1) is 23.9. The summed E-state index contributed by atoms with van der Waals surface area (Å²) >= 11 is 0. The van der Waals surface area contributed by atoms with E-state index in [4.69, 9.17) is 10.00 Å². The van der Waals surface area contributed by atoms with Gasteiger partial charge in [-0.05, 0) is 36.4 Å². The Morgan fingerprint density at radius 1 is 0.970 bits per heavy atom. The Bertz CT molecular complexity index is 1150. The smallest absolute Gasteiger partial charge is 0.338 e. The quantitative estimate of drug-likeness (QED) is 0.601. The van der Waals surface area contributed by atoms with Crippen LogP contribution in [0.3, 0.4) is 0 Å². The van der Waals surface area contributed by atoms with Crippen LogP contribution >= 0.6 is 0 Å². The molecule has 11 heteroatoms. The number of benzene rings is 2. The third-order valence-electron chi connectivity index (χ3n) is 4.94. The Balaban J connectivity index is 1.47. The van der Waals surface area contributed by atoms with Gasteiger partial charge in [0.15, 0.2) is 6.61 Å². The number of nitrogens with zero attached hydrogens (tertiary/aromatic N) is 3. The van der Waals surface area contributed by atoms with Gasteiger partial charge in [-0.1, -0.05) is 18.2 Å². The number of carbonyl (C=O) groups excluding carboxylic acids is 3. The molecule has 1 aliphatic heterocycles. The lowest BCUT2D eigenvalue weighted by atomic mass is 10.2. The van der Waals surface area contributed by atoms with E-state index in [1.165, 1.54) is 45.6 Å². The van der Waals surface area contributed by atoms with Crippen LogP contribution in [-0.2, 0) is 24.3 Å². The predicted octanol–water partition coefficient (Wildman–Crippen LogP) is 1.23. The van der Waals surface area contributed by atoms with E-state index >= 15 is 0 Å². The van der Waals surface area contributed by atoms with Crippen LogP contribution < -0.4 is 5.32 Å². The second-order valence-corrected chi connectivity index (χ2v) is 9.07. The van der Waals surface area contributed by atoms with Gasteiger partial charge in [0.2, 0.25) is 15.9 Å². The first-order chi connectivity index (χ1) is 15.8. The highest BCUT2D eigenvalue weighted by molar-refractivity contribution is 7.89. The first-order valence-corrected chi connectivity index (χ1v) is 11.5. The van der Waals surface area contributed by atoms with E-state index < -0.39 is 34.4 Å². The third-order valence-corrected chi connectivity index (χ3v) is 6.86. The van der Waals surface area contributed by atoms with Gasteiger partial charge in [0.1, 0.15) is 6.42 Å². The summed E-state index contributed by atoms with van der Waals surface area (Å²) in [5, 5.41) is 11.0. The highest BCUT2D eigenvalue weighted by Crippen LogP contribution is 2.17. The number of ether oxygens (including phenoxy) is 1. The molecule has 0 saturated carbocycles. The van der Waals surface area contributed by atoms with Crippen LogP contribution in [-0.4, -0.2) is 68.2 Å². The van der Waals surface area contributed by atoms with Gasteiger partial charge in [0.25, 0.3) is 5.91 Å². The zero-order chi connectivity index (χ0) is 23.8. The number of carbonyl (C=O) groups is 3. The van der Waals surface area contributed by atoms with Crippen LogP contribution in [0.5, 0.6) is 0 Å². The van der Waals surface area contributed by atoms with Gasteiger partial charge < -0.3 is 15.0 Å². The van der Waals surface area contributed by atoms with Crippen molar-refractivity contribution in [2.45, 2.75) is 11.3 Å². The number of nitrogens with one attached hydrogen (secondary N) is 1. The summed E-state index contributed by atoms with van der Waals surface area (Å²) in [5.74, 6) is -1.58. The van der Waals surface area contributed by atoms with Crippen molar-refractivity contribution in [1.29, 1.82) is 5.26 Å². The predicted molar refractivity (Wildman–Crippen MR) is 117 cm³/mol. The molecule has 0 unspecified atom stereocenters. The number of rotatable bonds is 7. The van der Waals surface area contributed by atoms with E-state index in [-0.39, 0.29) is 43.1 Å². The highest BCUT2D eigenvalue weighted by atomic mass is 32.2. The molecule has 0 aromatic heterocycles. The SMILES string of the molecule is N#CCC(=O)Nc1ccc(C(=O)OCC(=O)N2CCN(S(=O)(=O)c3ccccc3)CC2)cc1. The monoisotopic (exact) mass is 470 g/mol. The topological polar surface area (TPSA) is 137 Å². The van der Waals surface area contributed by atoms with E-state index in [1.807, 2.05) is 0 Å². The largest absolute Gasteiger partial charge is 0.452 e. The first-order valence-electron chi connectivity index (χ1n) is 10.1. The Morgan fingerprint density at radius 3 is 2.21 bits per heavy atom. The summed E-state index contributed by atoms with van der Waals surface area (Å²) in [4.78, 5) is 37.7. The van der Waals surface area contributed by atoms with Crippen LogP contribution in [0, 0.1) is 11.3 Å². The van der Waals surface area contributed by atoms with Crippen molar-refractivity contribution in [1.82, 2.24) is 9.21 Å². The van der Waals surface area contributed by atoms with Gasteiger partial charge in [-0.15, -0.1) is 0 Å². The van der Waals surface area contributed by atoms with Crippen LogP contribution in [0.15, 0.2) is 59.5 Å². The molecule has 0 bridgehead atoms. The number of hydrogen-bond acceptors (Lipinski definition) is 7. The number of esters is 1. The Hall–Kier alpha value is -3.75. The lowest BCUT2D eigenvalue weighted by molar-refractivity contribution is -0.135. The van der Waals surface area contributed by atoms with Crippen LogP contribution in [0.1, 0.15) is 16.8 Å². The minimum atomic E-state index is -3.62. The van der Waals surface area contributed by atoms with Gasteiger partial charge in [-0.3, -0.25) is 9.59 Å². The fraction of sp³-hybridized carbons (Fsp3) is 0.273. The maximum absolute atomic E-state index is 12.7. The van der Waals surface area contributed by atoms with Crippen LogP contribution in [0.4, 0.5) is 5.69 Å². The number of nitriles is 1. The normalized spacial score (nSPS) is 14.2. The zero-order valence-corrected chi connectivity index (χ0v) is 18.5. The molecular weight excluding hydrogens is 448 g/mol. The molecule has 1 aliphatic rings. The second kappa shape index (κ2) is 10.7. The number of anilines is 1. The highest BCUT2D eigenvalue weighted by Gasteiger charge is 2.30. The average molecular weight is 471 g/mol. The molecule has 2 aromatic carbocycles. The molecule has 2 aromatic rings. The summed E-state index contributed by atoms with van der Waals surface area (Å²) in [6, 6.07) is 15.7. The molecule has 1 N–H and O–H groups in total. The van der Waals surface area contributed by atoms with Gasteiger partial charge in [-0.2, -0.15) is 9.57 Å². The van der Waals surface area contributed by atoms with Crippen molar-refractivity contribution in [2.24, 2.45) is 0 Å². The molecule has 3 rings (SSSR count). The van der Waals surface area contributed by atoms with E-state index in [9.17, 15) is 22.8 Å². The van der Waals surface area contributed by atoms with Gasteiger partial charge in [0, 0.05) is 31.9 Å². The molecule has 0 spiro atoms. The van der Waals surface area contributed by atoms with Crippen LogP contribution in [0.25, 0.3) is 0 Å². The third kappa shape index (κ3) is 6.15. The van der Waals surface area contributed by atoms with Gasteiger partial charge in [0.05, 0.1) is 16.5 Å². The van der Waals surface area contributed by atoms with Gasteiger partial charge in [-0.25, -0.2) is 13.2 Å². The maximum atomic E-state index is 12.7. The number of sulfonamides is 1. The fourth-order valence-corrected chi connectivity index (χ4v) is 4.63. The van der Waals surface area contributed by atoms with Crippen molar-refractivity contribution in [3.8, 4) is 6.07 Å². The molecule has 1 heterocycles. The number of piperazine rings is 1. The molecule has 0 radical (unpaired) electrons. The lowest BCUT2D eigenvalue weighted by Crippen LogP contribution is -2.51. The molecular formula is C22H22N4O6S. The number of amides is 2. The molecule has 0 aliphatic carbocycles. The van der Waals surface area contributed by atoms with E-state index in [0.29, 0.717) is 5.69 Å². The molecule has 172 valence electrons. The maximum Gasteiger partial charge on any atom is 0.338 e. The summed E-state index contributed by atoms with van der Waals surface area (Å²) in [5.41, 5.74) is 0.617. The molecule has 2 amide bonds. The Kier molecular flexibility index (Phi) is 7.76. The molecule has 33 heavy (non-hydrogen) atoms. The Morgan fingerprint density at radius 2 is 1.61 bits per heavy atom. The average Bonchev–Trinajstić information content (AvgIpc) is 2.83. The van der Waals surface area contributed by atoms with Crippen molar-refractivity contribution in [3.63, 3.8) is 0 Å². The van der Waals surface area contributed by atoms with Gasteiger partial charge >= 0.3 is 5.97 Å². The van der Waals surface area contributed by atoms with Crippen molar-refractivity contribution in [2.75, 3.05) is 38.1 Å². The van der Waals surface area contributed by atoms with Crippen molar-refractivity contribution >= 4 is 33.5 Å². The fourth-order valence-electron chi connectivity index (χ4n) is 3.19. The van der Waals surface area contributed by atoms with Crippen LogP contribution in [0.2, 0.25) is 0 Å². The standard InChI is InChI=1S/C22H22N4O6S/c23-11-10-20(27)24-18-8-6-17(7-9-18)22(29)32-16-21(28)25-12-14-26(15-13-25)33(30,31)19-4-2-1-3-5-19/h1-9H,10,12-16H2,(H,24,27). The van der Waals surface area contributed by atoms with E-state index in [0.717, 1.165) is 0 Å². The minimum Gasteiger partial charge on any atom is -0.452 e. The van der Waals surface area contributed by atoms with E-state index in [2.05, 4.69) is 5.32 Å². The van der Waals surface area contributed by atoms with Crippen molar-refractivity contribution in [3.05, 3.63) is 60.2 Å². The molecule has 0 atom stereocenters. The summed E-state index contributed by atoms with van der Waals surface area (Å²) in [6.07, 6.45) is -0.279. The molecule has 1 saturated heterocycles. The molecule has 1 fully saturated rings. The lowest BCUT2D eigenvalue weighted by Gasteiger charge is -2.33. The molecule has 10 nitrogen and oxygen atoms in total. The zero-order valence-electron chi connectivity index (χ0n) is 17.6.